The van der Waals surface area contributed by atoms with Crippen molar-refractivity contribution in [3.63, 3.8) is 0 Å². The van der Waals surface area contributed by atoms with E-state index in [1.165, 1.54) is 45.6 Å². The molecule has 1 atom stereocenters. The molecular formula is C13H27N3O. The molecule has 2 rings (SSSR count). The van der Waals surface area contributed by atoms with Crippen LogP contribution in [0, 0.1) is 5.92 Å². The van der Waals surface area contributed by atoms with E-state index in [2.05, 4.69) is 22.2 Å². The molecule has 4 heteroatoms. The molecule has 100 valence electrons. The molecule has 0 aliphatic carbocycles. The van der Waals surface area contributed by atoms with Crippen molar-refractivity contribution in [2.75, 3.05) is 66.1 Å². The van der Waals surface area contributed by atoms with Crippen LogP contribution in [0.25, 0.3) is 0 Å². The van der Waals surface area contributed by atoms with E-state index in [0.717, 1.165) is 32.2 Å². The van der Waals surface area contributed by atoms with Gasteiger partial charge in [-0.25, -0.2) is 0 Å². The monoisotopic (exact) mass is 241 g/mol. The predicted octanol–water partition coefficient (Wildman–Crippen LogP) is 0.250. The molecule has 0 aromatic rings. The van der Waals surface area contributed by atoms with Gasteiger partial charge in [0.25, 0.3) is 0 Å². The van der Waals surface area contributed by atoms with Crippen molar-refractivity contribution in [1.29, 1.82) is 0 Å². The van der Waals surface area contributed by atoms with Gasteiger partial charge in [0, 0.05) is 26.2 Å². The Balaban J connectivity index is 1.52. The van der Waals surface area contributed by atoms with Gasteiger partial charge in [-0.1, -0.05) is 0 Å². The van der Waals surface area contributed by atoms with Gasteiger partial charge in [0.1, 0.15) is 0 Å². The van der Waals surface area contributed by atoms with Gasteiger partial charge < -0.3 is 15.0 Å². The second kappa shape index (κ2) is 7.31. The van der Waals surface area contributed by atoms with Crippen LogP contribution in [0.1, 0.15) is 12.8 Å². The molecule has 2 heterocycles. The summed E-state index contributed by atoms with van der Waals surface area (Å²) in [4.78, 5) is 4.99. The van der Waals surface area contributed by atoms with Gasteiger partial charge in [-0.15, -0.1) is 0 Å². The number of nitrogens with one attached hydrogen (secondary N) is 1. The van der Waals surface area contributed by atoms with Crippen LogP contribution < -0.4 is 5.32 Å². The van der Waals surface area contributed by atoms with Crippen molar-refractivity contribution in [2.45, 2.75) is 12.8 Å². The summed E-state index contributed by atoms with van der Waals surface area (Å²) in [6.45, 7) is 10.1. The standard InChI is InChI=1S/C13H27N3O/c1-15(5-3-13-2-4-14-12-13)6-7-16-8-10-17-11-9-16/h13-14H,2-12H2,1H3. The number of nitrogens with zero attached hydrogens (tertiary/aromatic N) is 2. The van der Waals surface area contributed by atoms with Crippen molar-refractivity contribution < 1.29 is 4.74 Å². The summed E-state index contributed by atoms with van der Waals surface area (Å²) in [6, 6.07) is 0. The van der Waals surface area contributed by atoms with E-state index < -0.39 is 0 Å². The Bertz CT molecular complexity index is 201. The van der Waals surface area contributed by atoms with Crippen LogP contribution in [0.15, 0.2) is 0 Å². The molecule has 0 aromatic carbocycles. The minimum atomic E-state index is 0.914. The lowest BCUT2D eigenvalue weighted by Crippen LogP contribution is -2.41. The third-order valence-electron chi connectivity index (χ3n) is 3.98. The van der Waals surface area contributed by atoms with Gasteiger partial charge in [0.2, 0.25) is 0 Å². The molecule has 17 heavy (non-hydrogen) atoms. The highest BCUT2D eigenvalue weighted by atomic mass is 16.5. The van der Waals surface area contributed by atoms with E-state index in [0.29, 0.717) is 0 Å². The van der Waals surface area contributed by atoms with E-state index in [9.17, 15) is 0 Å². The first-order valence-electron chi connectivity index (χ1n) is 7.04. The average molecular weight is 241 g/mol. The van der Waals surface area contributed by atoms with E-state index in [1.54, 1.807) is 0 Å². The normalized spacial score (nSPS) is 26.8. The zero-order valence-electron chi connectivity index (χ0n) is 11.2. The highest BCUT2D eigenvalue weighted by molar-refractivity contribution is 4.72. The lowest BCUT2D eigenvalue weighted by atomic mass is 10.1. The second-order valence-electron chi connectivity index (χ2n) is 5.40. The summed E-state index contributed by atoms with van der Waals surface area (Å²) in [5, 5.41) is 3.44. The molecule has 0 aromatic heterocycles. The fourth-order valence-corrected chi connectivity index (χ4v) is 2.61. The molecule has 2 aliphatic rings. The molecule has 2 fully saturated rings. The van der Waals surface area contributed by atoms with E-state index in [4.69, 9.17) is 4.74 Å². The molecule has 0 radical (unpaired) electrons. The Kier molecular flexibility index (Phi) is 5.71. The van der Waals surface area contributed by atoms with Gasteiger partial charge >= 0.3 is 0 Å². The Morgan fingerprint density at radius 2 is 2.12 bits per heavy atom. The minimum absolute atomic E-state index is 0.914. The maximum absolute atomic E-state index is 5.36. The molecule has 0 spiro atoms. The van der Waals surface area contributed by atoms with Gasteiger partial charge in [-0.3, -0.25) is 4.90 Å². The van der Waals surface area contributed by atoms with Crippen LogP contribution in [0.3, 0.4) is 0 Å². The highest BCUT2D eigenvalue weighted by Crippen LogP contribution is 2.12. The zero-order valence-corrected chi connectivity index (χ0v) is 11.2. The second-order valence-corrected chi connectivity index (χ2v) is 5.40. The van der Waals surface area contributed by atoms with E-state index in [1.807, 2.05) is 0 Å². The van der Waals surface area contributed by atoms with Crippen molar-refractivity contribution in [3.8, 4) is 0 Å². The van der Waals surface area contributed by atoms with Crippen LogP contribution in [-0.2, 0) is 4.74 Å². The smallest absolute Gasteiger partial charge is 0.0594 e. The van der Waals surface area contributed by atoms with Gasteiger partial charge in [0.05, 0.1) is 13.2 Å². The Morgan fingerprint density at radius 3 is 2.82 bits per heavy atom. The van der Waals surface area contributed by atoms with Crippen LogP contribution in [-0.4, -0.2) is 75.9 Å². The Morgan fingerprint density at radius 1 is 1.29 bits per heavy atom. The van der Waals surface area contributed by atoms with Gasteiger partial charge in [-0.2, -0.15) is 0 Å². The third-order valence-corrected chi connectivity index (χ3v) is 3.98. The summed E-state index contributed by atoms with van der Waals surface area (Å²) < 4.78 is 5.36. The predicted molar refractivity (Wildman–Crippen MR) is 70.3 cm³/mol. The number of likely N-dealkylation sites (N-methyl/N-ethyl adjacent to an activating group) is 1. The topological polar surface area (TPSA) is 27.7 Å². The summed E-state index contributed by atoms with van der Waals surface area (Å²) in [6.07, 6.45) is 2.73. The van der Waals surface area contributed by atoms with E-state index >= 15 is 0 Å². The summed E-state index contributed by atoms with van der Waals surface area (Å²) in [5.41, 5.74) is 0. The first kappa shape index (κ1) is 13.3. The summed E-state index contributed by atoms with van der Waals surface area (Å²) >= 11 is 0. The highest BCUT2D eigenvalue weighted by Gasteiger charge is 2.15. The molecule has 0 saturated carbocycles. The van der Waals surface area contributed by atoms with Crippen LogP contribution in [0.2, 0.25) is 0 Å². The zero-order chi connectivity index (χ0) is 11.9. The first-order valence-corrected chi connectivity index (χ1v) is 7.04. The molecule has 1 unspecified atom stereocenters. The van der Waals surface area contributed by atoms with Crippen LogP contribution in [0.4, 0.5) is 0 Å². The molecular weight excluding hydrogens is 214 g/mol. The van der Waals surface area contributed by atoms with Gasteiger partial charge in [0.15, 0.2) is 0 Å². The van der Waals surface area contributed by atoms with Crippen LogP contribution in [0.5, 0.6) is 0 Å². The molecule has 0 bridgehead atoms. The maximum Gasteiger partial charge on any atom is 0.0594 e. The van der Waals surface area contributed by atoms with Crippen molar-refractivity contribution in [2.24, 2.45) is 5.92 Å². The van der Waals surface area contributed by atoms with Crippen molar-refractivity contribution in [1.82, 2.24) is 15.1 Å². The largest absolute Gasteiger partial charge is 0.379 e. The number of hydrogen-bond acceptors (Lipinski definition) is 4. The Labute approximate surface area is 105 Å². The van der Waals surface area contributed by atoms with E-state index in [-0.39, 0.29) is 0 Å². The fourth-order valence-electron chi connectivity index (χ4n) is 2.61. The number of hydrogen-bond donors (Lipinski definition) is 1. The van der Waals surface area contributed by atoms with Crippen molar-refractivity contribution >= 4 is 0 Å². The first-order chi connectivity index (χ1) is 8.34. The SMILES string of the molecule is CN(CCC1CCNC1)CCN1CCOCC1. The summed E-state index contributed by atoms with van der Waals surface area (Å²) in [7, 11) is 2.25. The minimum Gasteiger partial charge on any atom is -0.379 e. The van der Waals surface area contributed by atoms with Gasteiger partial charge in [-0.05, 0) is 45.4 Å². The molecule has 2 aliphatic heterocycles. The average Bonchev–Trinajstić information content (AvgIpc) is 2.88. The molecule has 1 N–H and O–H groups in total. The molecule has 4 nitrogen and oxygen atoms in total. The molecule has 0 amide bonds. The Hall–Kier alpha value is -0.160. The maximum atomic E-state index is 5.36. The summed E-state index contributed by atoms with van der Waals surface area (Å²) in [5.74, 6) is 0.917. The third kappa shape index (κ3) is 4.92. The van der Waals surface area contributed by atoms with Crippen LogP contribution >= 0.6 is 0 Å². The molecule has 2 saturated heterocycles. The number of morpholine rings is 1. The lowest BCUT2D eigenvalue weighted by molar-refractivity contribution is 0.0343. The lowest BCUT2D eigenvalue weighted by Gasteiger charge is -2.28. The number of ether oxygens (including phenoxy) is 1. The number of rotatable bonds is 6. The quantitative estimate of drug-likeness (QED) is 0.721. The van der Waals surface area contributed by atoms with Crippen molar-refractivity contribution in [3.05, 3.63) is 0 Å². The fraction of sp³-hybridized carbons (Fsp3) is 1.00.